The molecule has 0 bridgehead atoms. The second-order valence-electron chi connectivity index (χ2n) is 5.90. The molecule has 0 aliphatic rings. The fraction of sp³-hybridized carbons (Fsp3) is 0.389. The van der Waals surface area contributed by atoms with E-state index < -0.39 is 0 Å². The lowest BCUT2D eigenvalue weighted by molar-refractivity contribution is -0.123. The molecule has 1 heterocycles. The summed E-state index contributed by atoms with van der Waals surface area (Å²) in [6, 6.07) is 10.8. The number of carbonyl (C=O) groups excluding carboxylic acids is 1. The van der Waals surface area contributed by atoms with E-state index in [0.29, 0.717) is 24.8 Å². The number of hydrogen-bond acceptors (Lipinski definition) is 4. The minimum absolute atomic E-state index is 0.0584. The summed E-state index contributed by atoms with van der Waals surface area (Å²) < 4.78 is 6.79. The molecule has 1 N–H and O–H groups in total. The lowest BCUT2D eigenvalue weighted by Crippen LogP contribution is -2.34. The maximum absolute atomic E-state index is 11.8. The summed E-state index contributed by atoms with van der Waals surface area (Å²) in [6.45, 7) is 6.65. The number of benzene rings is 1. The Morgan fingerprint density at radius 1 is 1.21 bits per heavy atom. The van der Waals surface area contributed by atoms with Crippen molar-refractivity contribution in [1.29, 1.82) is 0 Å². The smallest absolute Gasteiger partial charge is 0.266 e. The minimum atomic E-state index is -0.233. The highest BCUT2D eigenvalue weighted by atomic mass is 16.5. The van der Waals surface area contributed by atoms with Crippen LogP contribution in [0.4, 0.5) is 0 Å². The fourth-order valence-corrected chi connectivity index (χ4v) is 2.16. The first kappa shape index (κ1) is 17.7. The van der Waals surface area contributed by atoms with E-state index in [1.54, 1.807) is 6.07 Å². The van der Waals surface area contributed by atoms with Crippen molar-refractivity contribution in [1.82, 2.24) is 15.1 Å². The van der Waals surface area contributed by atoms with Gasteiger partial charge < -0.3 is 10.1 Å². The molecule has 0 saturated heterocycles. The van der Waals surface area contributed by atoms with Crippen LogP contribution in [0.2, 0.25) is 0 Å². The molecule has 128 valence electrons. The number of ether oxygens (including phenoxy) is 1. The van der Waals surface area contributed by atoms with Gasteiger partial charge in [-0.2, -0.15) is 5.10 Å². The summed E-state index contributed by atoms with van der Waals surface area (Å²) in [5.41, 5.74) is 1.80. The third-order valence-electron chi connectivity index (χ3n) is 3.56. The Morgan fingerprint density at radius 3 is 2.58 bits per heavy atom. The van der Waals surface area contributed by atoms with Crippen molar-refractivity contribution in [3.05, 3.63) is 58.0 Å². The molecule has 0 aliphatic heterocycles. The van der Waals surface area contributed by atoms with Gasteiger partial charge >= 0.3 is 0 Å². The largest absolute Gasteiger partial charge is 0.484 e. The van der Waals surface area contributed by atoms with Crippen molar-refractivity contribution in [2.45, 2.75) is 33.2 Å². The van der Waals surface area contributed by atoms with Crippen LogP contribution in [0.15, 0.2) is 41.2 Å². The van der Waals surface area contributed by atoms with Gasteiger partial charge in [0.15, 0.2) is 6.61 Å². The molecule has 24 heavy (non-hydrogen) atoms. The van der Waals surface area contributed by atoms with Gasteiger partial charge in [0.05, 0.1) is 12.2 Å². The average Bonchev–Trinajstić information content (AvgIpc) is 2.56. The first-order valence-electron chi connectivity index (χ1n) is 8.00. The molecule has 0 radical (unpaired) electrons. The lowest BCUT2D eigenvalue weighted by Gasteiger charge is -2.10. The van der Waals surface area contributed by atoms with Crippen LogP contribution < -0.4 is 15.6 Å². The standard InChI is InChI=1S/C18H23N3O3/c1-13(2)15-5-7-16(8-6-15)24-12-17(22)19-10-11-21-18(23)9-4-14(3)20-21/h4-9,13H,10-12H2,1-3H3,(H,19,22). The summed E-state index contributed by atoms with van der Waals surface area (Å²) in [7, 11) is 0. The molecule has 1 amide bonds. The molecule has 2 aromatic rings. The Morgan fingerprint density at radius 2 is 1.92 bits per heavy atom. The molecule has 6 nitrogen and oxygen atoms in total. The minimum Gasteiger partial charge on any atom is -0.484 e. The Hall–Kier alpha value is -2.63. The first-order chi connectivity index (χ1) is 11.5. The van der Waals surface area contributed by atoms with Crippen molar-refractivity contribution >= 4 is 5.91 Å². The first-order valence-corrected chi connectivity index (χ1v) is 8.00. The molecule has 0 atom stereocenters. The van der Waals surface area contributed by atoms with Crippen molar-refractivity contribution < 1.29 is 9.53 Å². The van der Waals surface area contributed by atoms with E-state index in [0.717, 1.165) is 5.69 Å². The van der Waals surface area contributed by atoms with Gasteiger partial charge in [0.2, 0.25) is 0 Å². The van der Waals surface area contributed by atoms with Gasteiger partial charge in [-0.15, -0.1) is 0 Å². The SMILES string of the molecule is Cc1ccc(=O)n(CCNC(=O)COc2ccc(C(C)C)cc2)n1. The maximum atomic E-state index is 11.8. The molecule has 0 fully saturated rings. The topological polar surface area (TPSA) is 73.2 Å². The van der Waals surface area contributed by atoms with Gasteiger partial charge in [0.1, 0.15) is 5.75 Å². The number of nitrogens with zero attached hydrogens (tertiary/aromatic N) is 2. The summed E-state index contributed by atoms with van der Waals surface area (Å²) in [5, 5.41) is 6.82. The molecular weight excluding hydrogens is 306 g/mol. The van der Waals surface area contributed by atoms with Crippen molar-refractivity contribution in [3.8, 4) is 5.75 Å². The third kappa shape index (κ3) is 5.22. The van der Waals surface area contributed by atoms with Crippen LogP contribution in [0.5, 0.6) is 5.75 Å². The number of amides is 1. The van der Waals surface area contributed by atoms with Gasteiger partial charge in [0.25, 0.3) is 11.5 Å². The molecule has 1 aromatic heterocycles. The van der Waals surface area contributed by atoms with E-state index in [4.69, 9.17) is 4.74 Å². The summed E-state index contributed by atoms with van der Waals surface area (Å²) >= 11 is 0. The molecular formula is C18H23N3O3. The highest BCUT2D eigenvalue weighted by Gasteiger charge is 2.04. The van der Waals surface area contributed by atoms with E-state index in [1.165, 1.54) is 16.3 Å². The van der Waals surface area contributed by atoms with E-state index >= 15 is 0 Å². The number of nitrogens with one attached hydrogen (secondary N) is 1. The Bertz CT molecular complexity index is 736. The Kier molecular flexibility index (Phi) is 6.12. The zero-order chi connectivity index (χ0) is 17.5. The molecule has 0 unspecified atom stereocenters. The number of hydrogen-bond donors (Lipinski definition) is 1. The molecule has 0 saturated carbocycles. The van der Waals surface area contributed by atoms with Crippen LogP contribution in [0.1, 0.15) is 31.0 Å². The quantitative estimate of drug-likeness (QED) is 0.841. The third-order valence-corrected chi connectivity index (χ3v) is 3.56. The van der Waals surface area contributed by atoms with Gasteiger partial charge in [-0.1, -0.05) is 26.0 Å². The zero-order valence-electron chi connectivity index (χ0n) is 14.3. The van der Waals surface area contributed by atoms with E-state index in [1.807, 2.05) is 31.2 Å². The summed E-state index contributed by atoms with van der Waals surface area (Å²) in [6.07, 6.45) is 0. The summed E-state index contributed by atoms with van der Waals surface area (Å²) in [5.74, 6) is 0.885. The van der Waals surface area contributed by atoms with Gasteiger partial charge in [-0.25, -0.2) is 4.68 Å². The van der Waals surface area contributed by atoms with Gasteiger partial charge in [0, 0.05) is 12.6 Å². The number of carbonyl (C=O) groups is 1. The number of rotatable bonds is 7. The molecule has 0 aliphatic carbocycles. The highest BCUT2D eigenvalue weighted by molar-refractivity contribution is 5.77. The maximum Gasteiger partial charge on any atom is 0.266 e. The molecule has 1 aromatic carbocycles. The van der Waals surface area contributed by atoms with E-state index in [-0.39, 0.29) is 18.1 Å². The number of aromatic nitrogens is 2. The predicted octanol–water partition coefficient (Wildman–Crippen LogP) is 1.87. The normalized spacial score (nSPS) is 10.7. The molecule has 2 rings (SSSR count). The molecule has 0 spiro atoms. The van der Waals surface area contributed by atoms with Crippen LogP contribution in [-0.2, 0) is 11.3 Å². The van der Waals surface area contributed by atoms with Crippen LogP contribution in [0.3, 0.4) is 0 Å². The van der Waals surface area contributed by atoms with Crippen molar-refractivity contribution in [2.75, 3.05) is 13.2 Å². The van der Waals surface area contributed by atoms with Gasteiger partial charge in [-0.3, -0.25) is 9.59 Å². The summed E-state index contributed by atoms with van der Waals surface area (Å²) in [4.78, 5) is 23.4. The van der Waals surface area contributed by atoms with E-state index in [9.17, 15) is 9.59 Å². The zero-order valence-corrected chi connectivity index (χ0v) is 14.3. The van der Waals surface area contributed by atoms with Crippen LogP contribution in [0, 0.1) is 6.92 Å². The second-order valence-corrected chi connectivity index (χ2v) is 5.90. The molecule has 6 heteroatoms. The monoisotopic (exact) mass is 329 g/mol. The van der Waals surface area contributed by atoms with Crippen LogP contribution >= 0.6 is 0 Å². The second kappa shape index (κ2) is 8.29. The fourth-order valence-electron chi connectivity index (χ4n) is 2.16. The highest BCUT2D eigenvalue weighted by Crippen LogP contribution is 2.18. The van der Waals surface area contributed by atoms with E-state index in [2.05, 4.69) is 24.3 Å². The Labute approximate surface area is 141 Å². The van der Waals surface area contributed by atoms with Crippen LogP contribution in [-0.4, -0.2) is 28.8 Å². The number of aryl methyl sites for hydroxylation is 1. The van der Waals surface area contributed by atoms with Crippen LogP contribution in [0.25, 0.3) is 0 Å². The van der Waals surface area contributed by atoms with Crippen molar-refractivity contribution in [2.24, 2.45) is 0 Å². The average molecular weight is 329 g/mol. The van der Waals surface area contributed by atoms with Gasteiger partial charge in [-0.05, 0) is 36.6 Å². The predicted molar refractivity (Wildman–Crippen MR) is 92.3 cm³/mol. The Balaban J connectivity index is 1.75. The van der Waals surface area contributed by atoms with Crippen molar-refractivity contribution in [3.63, 3.8) is 0 Å². The lowest BCUT2D eigenvalue weighted by atomic mass is 10.0.